The Hall–Kier alpha value is -1.42. The van der Waals surface area contributed by atoms with Gasteiger partial charge in [-0.05, 0) is 24.5 Å². The number of nitriles is 1. The normalized spacial score (nSPS) is 12.1. The molecule has 0 amide bonds. The summed E-state index contributed by atoms with van der Waals surface area (Å²) in [4.78, 5) is 0. The van der Waals surface area contributed by atoms with E-state index in [1.807, 2.05) is 19.9 Å². The lowest BCUT2D eigenvalue weighted by Gasteiger charge is -2.29. The molecule has 116 valence electrons. The molecule has 0 heterocycles. The van der Waals surface area contributed by atoms with E-state index >= 15 is 0 Å². The number of sulfonamides is 1. The zero-order valence-electron chi connectivity index (χ0n) is 12.5. The average molecular weight is 310 g/mol. The highest BCUT2D eigenvalue weighted by atomic mass is 32.2. The maximum Gasteiger partial charge on any atom is 0.215 e. The van der Waals surface area contributed by atoms with Crippen LogP contribution in [-0.2, 0) is 15.8 Å². The molecule has 0 aliphatic heterocycles. The SMILES string of the molecule is CCC(CC)(CO)CNS(=O)(=O)Cc1ccccc1C#N. The molecular formula is C15H22N2O3S. The van der Waals surface area contributed by atoms with Crippen molar-refractivity contribution in [1.82, 2.24) is 4.72 Å². The van der Waals surface area contributed by atoms with Crippen LogP contribution in [0, 0.1) is 16.7 Å². The van der Waals surface area contributed by atoms with Gasteiger partial charge in [-0.2, -0.15) is 5.26 Å². The van der Waals surface area contributed by atoms with E-state index < -0.39 is 15.4 Å². The number of rotatable bonds is 8. The van der Waals surface area contributed by atoms with Crippen molar-refractivity contribution in [2.75, 3.05) is 13.2 Å². The number of aliphatic hydroxyl groups excluding tert-OH is 1. The van der Waals surface area contributed by atoms with E-state index in [-0.39, 0.29) is 18.9 Å². The lowest BCUT2D eigenvalue weighted by Crippen LogP contribution is -2.39. The second kappa shape index (κ2) is 7.55. The summed E-state index contributed by atoms with van der Waals surface area (Å²) in [5.74, 6) is -0.230. The fraction of sp³-hybridized carbons (Fsp3) is 0.533. The second-order valence-corrected chi connectivity index (χ2v) is 7.02. The van der Waals surface area contributed by atoms with Crippen molar-refractivity contribution in [2.45, 2.75) is 32.4 Å². The quantitative estimate of drug-likeness (QED) is 0.765. The predicted octanol–water partition coefficient (Wildman–Crippen LogP) is 1.78. The fourth-order valence-electron chi connectivity index (χ4n) is 2.05. The van der Waals surface area contributed by atoms with Gasteiger partial charge in [0.25, 0.3) is 0 Å². The molecule has 0 aliphatic rings. The van der Waals surface area contributed by atoms with Gasteiger partial charge < -0.3 is 5.11 Å². The minimum Gasteiger partial charge on any atom is -0.396 e. The van der Waals surface area contributed by atoms with Crippen LogP contribution in [0.1, 0.15) is 37.8 Å². The standard InChI is InChI=1S/C15H22N2O3S/c1-3-15(4-2,12-18)11-17-21(19,20)10-14-8-6-5-7-13(14)9-16/h5-8,17-18H,3-4,10-12H2,1-2H3. The molecule has 1 rings (SSSR count). The molecular weight excluding hydrogens is 288 g/mol. The van der Waals surface area contributed by atoms with E-state index in [1.165, 1.54) is 0 Å². The Kier molecular flexibility index (Phi) is 6.34. The van der Waals surface area contributed by atoms with E-state index in [4.69, 9.17) is 5.26 Å². The van der Waals surface area contributed by atoms with E-state index in [9.17, 15) is 13.5 Å². The van der Waals surface area contributed by atoms with Crippen molar-refractivity contribution in [3.05, 3.63) is 35.4 Å². The van der Waals surface area contributed by atoms with Gasteiger partial charge in [-0.1, -0.05) is 32.0 Å². The summed E-state index contributed by atoms with van der Waals surface area (Å²) in [6.45, 7) is 4.00. The van der Waals surface area contributed by atoms with Crippen LogP contribution < -0.4 is 4.72 Å². The maximum atomic E-state index is 12.2. The van der Waals surface area contributed by atoms with Gasteiger partial charge in [-0.3, -0.25) is 0 Å². The molecule has 0 bridgehead atoms. The first-order chi connectivity index (χ1) is 9.92. The highest BCUT2D eigenvalue weighted by molar-refractivity contribution is 7.88. The van der Waals surface area contributed by atoms with Crippen molar-refractivity contribution < 1.29 is 13.5 Å². The second-order valence-electron chi connectivity index (χ2n) is 5.21. The average Bonchev–Trinajstić information content (AvgIpc) is 2.49. The summed E-state index contributed by atoms with van der Waals surface area (Å²) in [6, 6.07) is 8.64. The summed E-state index contributed by atoms with van der Waals surface area (Å²) in [5, 5.41) is 18.5. The molecule has 2 N–H and O–H groups in total. The Labute approximate surface area is 126 Å². The highest BCUT2D eigenvalue weighted by Gasteiger charge is 2.27. The van der Waals surface area contributed by atoms with Crippen LogP contribution in [0.3, 0.4) is 0 Å². The van der Waals surface area contributed by atoms with Gasteiger partial charge in [0.2, 0.25) is 10.0 Å². The molecule has 0 fully saturated rings. The predicted molar refractivity (Wildman–Crippen MR) is 81.9 cm³/mol. The summed E-state index contributed by atoms with van der Waals surface area (Å²) in [7, 11) is -3.54. The number of hydrogen-bond acceptors (Lipinski definition) is 4. The smallest absolute Gasteiger partial charge is 0.215 e. The maximum absolute atomic E-state index is 12.2. The molecule has 1 aromatic rings. The Balaban J connectivity index is 2.82. The van der Waals surface area contributed by atoms with Crippen LogP contribution in [0.15, 0.2) is 24.3 Å². The van der Waals surface area contributed by atoms with Crippen molar-refractivity contribution in [3.8, 4) is 6.07 Å². The highest BCUT2D eigenvalue weighted by Crippen LogP contribution is 2.25. The van der Waals surface area contributed by atoms with Gasteiger partial charge in [0.15, 0.2) is 0 Å². The van der Waals surface area contributed by atoms with E-state index in [0.717, 1.165) is 0 Å². The number of benzene rings is 1. The van der Waals surface area contributed by atoms with Gasteiger partial charge >= 0.3 is 0 Å². The molecule has 0 atom stereocenters. The first-order valence-corrected chi connectivity index (χ1v) is 8.63. The lowest BCUT2D eigenvalue weighted by atomic mass is 9.84. The third-order valence-electron chi connectivity index (χ3n) is 3.99. The molecule has 0 radical (unpaired) electrons. The molecule has 5 nitrogen and oxygen atoms in total. The summed E-state index contributed by atoms with van der Waals surface area (Å²) in [6.07, 6.45) is 1.38. The Bertz CT molecular complexity index is 593. The number of nitrogens with one attached hydrogen (secondary N) is 1. The van der Waals surface area contributed by atoms with Crippen LogP contribution in [-0.4, -0.2) is 26.7 Å². The van der Waals surface area contributed by atoms with Crippen LogP contribution in [0.5, 0.6) is 0 Å². The fourth-order valence-corrected chi connectivity index (χ4v) is 3.34. The van der Waals surface area contributed by atoms with Crippen LogP contribution in [0.4, 0.5) is 0 Å². The third-order valence-corrected chi connectivity index (χ3v) is 5.26. The number of hydrogen-bond donors (Lipinski definition) is 2. The van der Waals surface area contributed by atoms with Gasteiger partial charge in [0, 0.05) is 18.6 Å². The van der Waals surface area contributed by atoms with E-state index in [1.54, 1.807) is 24.3 Å². The Morgan fingerprint density at radius 1 is 1.29 bits per heavy atom. The minimum atomic E-state index is -3.54. The molecule has 0 spiro atoms. The van der Waals surface area contributed by atoms with Gasteiger partial charge in [0.05, 0.1) is 17.4 Å². The van der Waals surface area contributed by atoms with Gasteiger partial charge in [-0.25, -0.2) is 13.1 Å². The first-order valence-electron chi connectivity index (χ1n) is 6.98. The molecule has 1 aromatic carbocycles. The topological polar surface area (TPSA) is 90.2 Å². The Morgan fingerprint density at radius 3 is 2.43 bits per heavy atom. The molecule has 0 aliphatic carbocycles. The molecule has 21 heavy (non-hydrogen) atoms. The van der Waals surface area contributed by atoms with E-state index in [2.05, 4.69) is 4.72 Å². The summed E-state index contributed by atoms with van der Waals surface area (Å²) < 4.78 is 26.9. The molecule has 0 saturated heterocycles. The largest absolute Gasteiger partial charge is 0.396 e. The molecule has 0 saturated carbocycles. The molecule has 0 unspecified atom stereocenters. The monoisotopic (exact) mass is 310 g/mol. The zero-order chi connectivity index (χ0) is 15.9. The van der Waals surface area contributed by atoms with E-state index in [0.29, 0.717) is 24.0 Å². The molecule has 6 heteroatoms. The molecule has 0 aromatic heterocycles. The summed E-state index contributed by atoms with van der Waals surface area (Å²) in [5.41, 5.74) is 0.416. The first kappa shape index (κ1) is 17.6. The lowest BCUT2D eigenvalue weighted by molar-refractivity contribution is 0.119. The van der Waals surface area contributed by atoms with Crippen LogP contribution in [0.2, 0.25) is 0 Å². The van der Waals surface area contributed by atoms with Crippen molar-refractivity contribution >= 4 is 10.0 Å². The van der Waals surface area contributed by atoms with Gasteiger partial charge in [-0.15, -0.1) is 0 Å². The third kappa shape index (κ3) is 4.81. The van der Waals surface area contributed by atoms with Crippen molar-refractivity contribution in [1.29, 1.82) is 5.26 Å². The number of aliphatic hydroxyl groups is 1. The van der Waals surface area contributed by atoms with Crippen molar-refractivity contribution in [3.63, 3.8) is 0 Å². The number of nitrogens with zero attached hydrogens (tertiary/aromatic N) is 1. The van der Waals surface area contributed by atoms with Gasteiger partial charge in [0.1, 0.15) is 0 Å². The summed E-state index contributed by atoms with van der Waals surface area (Å²) >= 11 is 0. The zero-order valence-corrected chi connectivity index (χ0v) is 13.3. The minimum absolute atomic E-state index is 0.0582. The van der Waals surface area contributed by atoms with Crippen LogP contribution in [0.25, 0.3) is 0 Å². The van der Waals surface area contributed by atoms with Crippen LogP contribution >= 0.6 is 0 Å². The Morgan fingerprint density at radius 2 is 1.90 bits per heavy atom. The van der Waals surface area contributed by atoms with Crippen molar-refractivity contribution in [2.24, 2.45) is 5.41 Å².